The largest absolute Gasteiger partial charge is 0.465 e. The lowest BCUT2D eigenvalue weighted by Crippen LogP contribution is -2.40. The topological polar surface area (TPSA) is 58.6 Å². The number of hydrogen-bond donors (Lipinski definition) is 1. The summed E-state index contributed by atoms with van der Waals surface area (Å²) >= 11 is 4.76. The molecule has 0 saturated carbocycles. The summed E-state index contributed by atoms with van der Waals surface area (Å²) in [6.45, 7) is 1.10. The lowest BCUT2D eigenvalue weighted by molar-refractivity contribution is -0.117. The second kappa shape index (κ2) is 7.93. The van der Waals surface area contributed by atoms with Crippen LogP contribution < -0.4 is 5.32 Å². The minimum Gasteiger partial charge on any atom is -0.465 e. The van der Waals surface area contributed by atoms with E-state index in [9.17, 15) is 9.59 Å². The van der Waals surface area contributed by atoms with Crippen molar-refractivity contribution in [2.24, 2.45) is 0 Å². The third-order valence-corrected chi connectivity index (χ3v) is 7.35. The highest BCUT2D eigenvalue weighted by Crippen LogP contribution is 2.39. The van der Waals surface area contributed by atoms with Crippen LogP contribution in [0.25, 0.3) is 0 Å². The minimum atomic E-state index is -0.433. The zero-order valence-electron chi connectivity index (χ0n) is 14.6. The van der Waals surface area contributed by atoms with Crippen LogP contribution in [0.2, 0.25) is 0 Å². The molecule has 1 N–H and O–H groups in total. The molecule has 4 heterocycles. The number of carbonyl (C=O) groups is 2. The molecule has 0 radical (unpaired) electrons. The Bertz CT molecular complexity index is 945. The fourth-order valence-electron chi connectivity index (χ4n) is 3.35. The number of ether oxygens (including phenoxy) is 1. The van der Waals surface area contributed by atoms with Crippen molar-refractivity contribution in [2.45, 2.75) is 12.5 Å². The van der Waals surface area contributed by atoms with Crippen LogP contribution in [0.1, 0.15) is 31.0 Å². The van der Waals surface area contributed by atoms with E-state index in [1.807, 2.05) is 6.07 Å². The number of carbonyl (C=O) groups excluding carboxylic acids is 2. The lowest BCUT2D eigenvalue weighted by atomic mass is 9.98. The van der Waals surface area contributed by atoms with Gasteiger partial charge in [-0.2, -0.15) is 0 Å². The van der Waals surface area contributed by atoms with Gasteiger partial charge in [0.25, 0.3) is 0 Å². The summed E-state index contributed by atoms with van der Waals surface area (Å²) in [5.41, 5.74) is 1.81. The molecule has 3 aromatic rings. The van der Waals surface area contributed by atoms with E-state index in [1.54, 1.807) is 34.1 Å². The lowest BCUT2D eigenvalue weighted by Gasteiger charge is -2.34. The molecular weight excluding hydrogens is 400 g/mol. The van der Waals surface area contributed by atoms with Crippen molar-refractivity contribution in [2.75, 3.05) is 25.5 Å². The van der Waals surface area contributed by atoms with Crippen LogP contribution in [0, 0.1) is 0 Å². The van der Waals surface area contributed by atoms with Gasteiger partial charge in [0, 0.05) is 16.3 Å². The number of fused-ring (bicyclic) bond motifs is 1. The number of nitrogens with zero attached hydrogens (tertiary/aromatic N) is 1. The average Bonchev–Trinajstić information content (AvgIpc) is 3.42. The highest BCUT2D eigenvalue weighted by atomic mass is 32.1. The van der Waals surface area contributed by atoms with Crippen molar-refractivity contribution in [1.82, 2.24) is 4.90 Å². The smallest absolute Gasteiger partial charge is 0.350 e. The summed E-state index contributed by atoms with van der Waals surface area (Å²) in [5.74, 6) is -0.559. The Hall–Kier alpha value is -2.00. The SMILES string of the molecule is COC(=O)c1sccc1NC(=O)CN1CCc2sccc2C1c1cccs1. The van der Waals surface area contributed by atoms with E-state index in [0.29, 0.717) is 10.6 Å². The maximum absolute atomic E-state index is 12.7. The van der Waals surface area contributed by atoms with Gasteiger partial charge in [-0.1, -0.05) is 6.07 Å². The summed E-state index contributed by atoms with van der Waals surface area (Å²) in [6.07, 6.45) is 0.952. The van der Waals surface area contributed by atoms with Gasteiger partial charge < -0.3 is 10.1 Å². The van der Waals surface area contributed by atoms with Crippen molar-refractivity contribution < 1.29 is 14.3 Å². The second-order valence-corrected chi connectivity index (χ2v) is 9.04. The molecule has 4 rings (SSSR count). The Labute approximate surface area is 169 Å². The number of esters is 1. The van der Waals surface area contributed by atoms with Crippen molar-refractivity contribution in [3.8, 4) is 0 Å². The van der Waals surface area contributed by atoms with Crippen LogP contribution in [-0.4, -0.2) is 37.0 Å². The highest BCUT2D eigenvalue weighted by Gasteiger charge is 2.31. The molecule has 0 saturated heterocycles. The van der Waals surface area contributed by atoms with Gasteiger partial charge in [0.1, 0.15) is 4.88 Å². The molecule has 3 aromatic heterocycles. The molecule has 8 heteroatoms. The zero-order chi connectivity index (χ0) is 18.8. The number of rotatable bonds is 5. The van der Waals surface area contributed by atoms with E-state index in [1.165, 1.54) is 33.8 Å². The van der Waals surface area contributed by atoms with Crippen molar-refractivity contribution in [3.63, 3.8) is 0 Å². The maximum Gasteiger partial charge on any atom is 0.350 e. The van der Waals surface area contributed by atoms with E-state index < -0.39 is 5.97 Å². The Balaban J connectivity index is 1.52. The first-order chi connectivity index (χ1) is 13.2. The molecule has 1 aliphatic rings. The van der Waals surface area contributed by atoms with Gasteiger partial charge in [-0.3, -0.25) is 9.69 Å². The second-order valence-electron chi connectivity index (χ2n) is 6.14. The monoisotopic (exact) mass is 418 g/mol. The number of hydrogen-bond acceptors (Lipinski definition) is 7. The fourth-order valence-corrected chi connectivity index (χ4v) is 5.90. The number of amides is 1. The maximum atomic E-state index is 12.7. The Morgan fingerprint density at radius 3 is 2.81 bits per heavy atom. The molecule has 0 spiro atoms. The Kier molecular flexibility index (Phi) is 5.40. The van der Waals surface area contributed by atoms with Gasteiger partial charge in [0.2, 0.25) is 5.91 Å². The predicted molar refractivity (Wildman–Crippen MR) is 110 cm³/mol. The van der Waals surface area contributed by atoms with Crippen molar-refractivity contribution >= 4 is 51.6 Å². The minimum absolute atomic E-state index is 0.105. The third kappa shape index (κ3) is 3.70. The quantitative estimate of drug-likeness (QED) is 0.630. The molecule has 0 aromatic carbocycles. The van der Waals surface area contributed by atoms with Gasteiger partial charge >= 0.3 is 5.97 Å². The summed E-state index contributed by atoms with van der Waals surface area (Å²) < 4.78 is 4.78. The molecule has 0 fully saturated rings. The molecule has 1 aliphatic heterocycles. The van der Waals surface area contributed by atoms with E-state index in [4.69, 9.17) is 4.74 Å². The molecule has 1 unspecified atom stereocenters. The molecule has 1 amide bonds. The summed E-state index contributed by atoms with van der Waals surface area (Å²) in [7, 11) is 1.34. The Morgan fingerprint density at radius 1 is 1.19 bits per heavy atom. The van der Waals surface area contributed by atoms with Crippen LogP contribution in [0.3, 0.4) is 0 Å². The molecule has 1 atom stereocenters. The van der Waals surface area contributed by atoms with Gasteiger partial charge in [-0.15, -0.1) is 34.0 Å². The van der Waals surface area contributed by atoms with Crippen LogP contribution in [-0.2, 0) is 16.0 Å². The normalized spacial score (nSPS) is 16.7. The van der Waals surface area contributed by atoms with Gasteiger partial charge in [0.15, 0.2) is 0 Å². The van der Waals surface area contributed by atoms with Crippen LogP contribution >= 0.6 is 34.0 Å². The van der Waals surface area contributed by atoms with E-state index in [0.717, 1.165) is 13.0 Å². The van der Waals surface area contributed by atoms with Gasteiger partial charge in [0.05, 0.1) is 25.4 Å². The van der Waals surface area contributed by atoms with E-state index in [-0.39, 0.29) is 18.5 Å². The molecule has 27 heavy (non-hydrogen) atoms. The Morgan fingerprint density at radius 2 is 2.04 bits per heavy atom. The number of thiophene rings is 3. The zero-order valence-corrected chi connectivity index (χ0v) is 17.1. The highest BCUT2D eigenvalue weighted by molar-refractivity contribution is 7.12. The molecule has 140 valence electrons. The average molecular weight is 419 g/mol. The third-order valence-electron chi connectivity index (χ3n) is 4.54. The number of nitrogens with one attached hydrogen (secondary N) is 1. The molecule has 5 nitrogen and oxygen atoms in total. The standard InChI is InChI=1S/C19H18N2O3S3/c1-24-19(23)18-13(6-10-27-18)20-16(22)11-21-7-4-14-12(5-9-26-14)17(21)15-3-2-8-25-15/h2-3,5-6,8-10,17H,4,7,11H2,1H3,(H,20,22). The van der Waals surface area contributed by atoms with Crippen LogP contribution in [0.15, 0.2) is 40.4 Å². The van der Waals surface area contributed by atoms with E-state index in [2.05, 4.69) is 33.1 Å². The predicted octanol–water partition coefficient (Wildman–Crippen LogP) is 4.24. The van der Waals surface area contributed by atoms with Gasteiger partial charge in [-0.05, 0) is 46.3 Å². The fraction of sp³-hybridized carbons (Fsp3) is 0.263. The summed E-state index contributed by atoms with van der Waals surface area (Å²) in [4.78, 5) is 29.8. The number of methoxy groups -OCH3 is 1. The van der Waals surface area contributed by atoms with Crippen LogP contribution in [0.4, 0.5) is 5.69 Å². The first-order valence-corrected chi connectivity index (χ1v) is 11.1. The van der Waals surface area contributed by atoms with E-state index >= 15 is 0 Å². The van der Waals surface area contributed by atoms with Crippen LogP contribution in [0.5, 0.6) is 0 Å². The molecule has 0 bridgehead atoms. The number of anilines is 1. The molecule has 0 aliphatic carbocycles. The summed E-state index contributed by atoms with van der Waals surface area (Å²) in [5, 5.41) is 8.84. The first-order valence-electron chi connectivity index (χ1n) is 8.46. The molecular formula is C19H18N2O3S3. The van der Waals surface area contributed by atoms with Gasteiger partial charge in [-0.25, -0.2) is 4.79 Å². The first kappa shape index (κ1) is 18.4. The van der Waals surface area contributed by atoms with Crippen molar-refractivity contribution in [3.05, 3.63) is 60.6 Å². The summed E-state index contributed by atoms with van der Waals surface area (Å²) in [6, 6.07) is 8.18. The van der Waals surface area contributed by atoms with Crippen molar-refractivity contribution in [1.29, 1.82) is 0 Å².